The molecule has 0 fully saturated rings. The van der Waals surface area contributed by atoms with Crippen LogP contribution in [0.5, 0.6) is 5.75 Å². The number of rotatable bonds is 10. The van der Waals surface area contributed by atoms with Crippen LogP contribution in [0.4, 0.5) is 5.82 Å². The van der Waals surface area contributed by atoms with Crippen molar-refractivity contribution in [3.05, 3.63) is 59.9 Å². The Morgan fingerprint density at radius 2 is 1.86 bits per heavy atom. The Hall–Kier alpha value is -2.62. The number of nitrogens with zero attached hydrogens (tertiary/aromatic N) is 3. The van der Waals surface area contributed by atoms with Crippen LogP contribution in [0.1, 0.15) is 43.7 Å². The van der Waals surface area contributed by atoms with Gasteiger partial charge in [0.1, 0.15) is 24.5 Å². The summed E-state index contributed by atoms with van der Waals surface area (Å²) in [6, 6.07) is 14.7. The second-order valence-corrected chi connectivity index (χ2v) is 7.39. The van der Waals surface area contributed by atoms with Crippen molar-refractivity contribution < 1.29 is 4.74 Å². The fourth-order valence-electron chi connectivity index (χ4n) is 3.40. The molecule has 4 heteroatoms. The topological polar surface area (TPSA) is 38.2 Å². The van der Waals surface area contributed by atoms with Gasteiger partial charge >= 0.3 is 0 Å². The summed E-state index contributed by atoms with van der Waals surface area (Å²) in [6.45, 7) is 5.74. The van der Waals surface area contributed by atoms with E-state index in [2.05, 4.69) is 60.0 Å². The number of unbranched alkanes of at least 4 members (excludes halogenated alkanes) is 3. The van der Waals surface area contributed by atoms with E-state index in [-0.39, 0.29) is 0 Å². The lowest BCUT2D eigenvalue weighted by molar-refractivity contribution is 0.323. The molecule has 0 saturated carbocycles. The molecule has 0 aliphatic carbocycles. The Balaban J connectivity index is 1.58. The highest BCUT2D eigenvalue weighted by Gasteiger charge is 2.09. The fourth-order valence-corrected chi connectivity index (χ4v) is 3.40. The zero-order valence-corrected chi connectivity index (χ0v) is 17.3. The molecule has 0 N–H and O–H groups in total. The summed E-state index contributed by atoms with van der Waals surface area (Å²) in [5.74, 6) is 1.93. The average molecular weight is 378 g/mol. The second-order valence-electron chi connectivity index (χ2n) is 7.39. The molecule has 0 unspecified atom stereocenters. The second kappa shape index (κ2) is 10.1. The normalized spacial score (nSPS) is 11.0. The number of likely N-dealkylation sites (N-methyl/N-ethyl adjacent to an activating group) is 1. The lowest BCUT2D eigenvalue weighted by Crippen LogP contribution is -2.25. The number of benzene rings is 2. The van der Waals surface area contributed by atoms with Gasteiger partial charge in [0.2, 0.25) is 0 Å². The smallest absolute Gasteiger partial charge is 0.139 e. The van der Waals surface area contributed by atoms with E-state index in [4.69, 9.17) is 4.74 Å². The van der Waals surface area contributed by atoms with Crippen molar-refractivity contribution in [2.24, 2.45) is 0 Å². The molecule has 4 nitrogen and oxygen atoms in total. The van der Waals surface area contributed by atoms with E-state index in [9.17, 15) is 0 Å². The number of aryl methyl sites for hydroxylation is 2. The van der Waals surface area contributed by atoms with Crippen LogP contribution in [0.15, 0.2) is 48.8 Å². The van der Waals surface area contributed by atoms with Gasteiger partial charge in [-0.15, -0.1) is 0 Å². The van der Waals surface area contributed by atoms with E-state index in [0.717, 1.165) is 35.4 Å². The van der Waals surface area contributed by atoms with Gasteiger partial charge in [-0.25, -0.2) is 9.97 Å². The van der Waals surface area contributed by atoms with Crippen LogP contribution in [0.2, 0.25) is 0 Å². The lowest BCUT2D eigenvalue weighted by Gasteiger charge is -2.20. The van der Waals surface area contributed by atoms with Crippen molar-refractivity contribution in [1.29, 1.82) is 0 Å². The van der Waals surface area contributed by atoms with Crippen molar-refractivity contribution in [3.8, 4) is 5.75 Å². The summed E-state index contributed by atoms with van der Waals surface area (Å²) in [5, 5.41) is 1.07. The maximum absolute atomic E-state index is 6.12. The first-order chi connectivity index (χ1) is 13.7. The highest BCUT2D eigenvalue weighted by molar-refractivity contribution is 5.89. The summed E-state index contributed by atoms with van der Waals surface area (Å²) in [5.41, 5.74) is 3.52. The van der Waals surface area contributed by atoms with Crippen molar-refractivity contribution in [1.82, 2.24) is 9.97 Å². The minimum Gasteiger partial charge on any atom is -0.491 e. The number of ether oxygens (including phenoxy) is 1. The fraction of sp³-hybridized carbons (Fsp3) is 0.417. The molecular weight excluding hydrogens is 346 g/mol. The van der Waals surface area contributed by atoms with E-state index >= 15 is 0 Å². The van der Waals surface area contributed by atoms with Gasteiger partial charge in [-0.05, 0) is 49.1 Å². The molecule has 0 spiro atoms. The molecule has 2 aromatic carbocycles. The first-order valence-electron chi connectivity index (χ1n) is 10.3. The number of aromatic nitrogens is 2. The van der Waals surface area contributed by atoms with Crippen molar-refractivity contribution in [3.63, 3.8) is 0 Å². The number of hydrogen-bond acceptors (Lipinski definition) is 4. The quantitative estimate of drug-likeness (QED) is 0.433. The van der Waals surface area contributed by atoms with Gasteiger partial charge in [0.15, 0.2) is 0 Å². The third-order valence-electron chi connectivity index (χ3n) is 5.14. The average Bonchev–Trinajstić information content (AvgIpc) is 2.72. The van der Waals surface area contributed by atoms with Crippen LogP contribution in [0, 0.1) is 6.92 Å². The van der Waals surface area contributed by atoms with Crippen LogP contribution >= 0.6 is 0 Å². The largest absolute Gasteiger partial charge is 0.491 e. The maximum Gasteiger partial charge on any atom is 0.139 e. The third-order valence-corrected chi connectivity index (χ3v) is 5.14. The Kier molecular flexibility index (Phi) is 7.24. The summed E-state index contributed by atoms with van der Waals surface area (Å²) >= 11 is 0. The monoisotopic (exact) mass is 377 g/mol. The Morgan fingerprint density at radius 1 is 1.00 bits per heavy atom. The van der Waals surface area contributed by atoms with Crippen LogP contribution in [-0.4, -0.2) is 30.2 Å². The molecule has 148 valence electrons. The standard InChI is InChI=1S/C24H31N3O/c1-4-5-6-7-10-20-14-13-19(2)23(17-20)28-16-15-27(3)24-21-11-8-9-12-22(21)25-18-26-24/h8-9,11-14,17-18H,4-7,10,15-16H2,1-3H3. The summed E-state index contributed by atoms with van der Waals surface area (Å²) < 4.78 is 6.12. The number of anilines is 1. The van der Waals surface area contributed by atoms with Gasteiger partial charge in [0.25, 0.3) is 0 Å². The summed E-state index contributed by atoms with van der Waals surface area (Å²) in [6.07, 6.45) is 7.90. The van der Waals surface area contributed by atoms with Crippen molar-refractivity contribution in [2.45, 2.75) is 46.0 Å². The van der Waals surface area contributed by atoms with Gasteiger partial charge in [0.05, 0.1) is 12.1 Å². The minimum absolute atomic E-state index is 0.620. The number of para-hydroxylation sites is 1. The number of fused-ring (bicyclic) bond motifs is 1. The van der Waals surface area contributed by atoms with Crippen LogP contribution in [0.25, 0.3) is 10.9 Å². The number of hydrogen-bond donors (Lipinski definition) is 0. The van der Waals surface area contributed by atoms with Crippen molar-refractivity contribution in [2.75, 3.05) is 25.1 Å². The van der Waals surface area contributed by atoms with Crippen LogP contribution < -0.4 is 9.64 Å². The molecular formula is C24H31N3O. The Labute approximate surface area is 168 Å². The van der Waals surface area contributed by atoms with Crippen LogP contribution in [0.3, 0.4) is 0 Å². The first-order valence-corrected chi connectivity index (χ1v) is 10.3. The minimum atomic E-state index is 0.620. The molecule has 28 heavy (non-hydrogen) atoms. The molecule has 0 aliphatic rings. The van der Waals surface area contributed by atoms with Gasteiger partial charge in [0, 0.05) is 12.4 Å². The molecule has 0 saturated heterocycles. The molecule has 3 rings (SSSR count). The summed E-state index contributed by atoms with van der Waals surface area (Å²) in [4.78, 5) is 10.9. The lowest BCUT2D eigenvalue weighted by atomic mass is 10.0. The van der Waals surface area contributed by atoms with Gasteiger partial charge in [-0.1, -0.05) is 50.5 Å². The summed E-state index contributed by atoms with van der Waals surface area (Å²) in [7, 11) is 2.05. The predicted octanol–water partition coefficient (Wildman–Crippen LogP) is 5.58. The highest BCUT2D eigenvalue weighted by Crippen LogP contribution is 2.23. The van der Waals surface area contributed by atoms with E-state index in [0.29, 0.717) is 6.61 Å². The SMILES string of the molecule is CCCCCCc1ccc(C)c(OCCN(C)c2ncnc3ccccc23)c1. The van der Waals surface area contributed by atoms with Crippen molar-refractivity contribution >= 4 is 16.7 Å². The van der Waals surface area contributed by atoms with Gasteiger partial charge in [-0.3, -0.25) is 0 Å². The van der Waals surface area contributed by atoms with Gasteiger partial charge in [-0.2, -0.15) is 0 Å². The molecule has 0 radical (unpaired) electrons. The van der Waals surface area contributed by atoms with E-state index < -0.39 is 0 Å². The molecule has 0 amide bonds. The van der Waals surface area contributed by atoms with E-state index in [1.165, 1.54) is 36.8 Å². The molecule has 0 atom stereocenters. The Bertz CT molecular complexity index is 889. The van der Waals surface area contributed by atoms with Crippen LogP contribution in [-0.2, 0) is 6.42 Å². The molecule has 0 aliphatic heterocycles. The first kappa shape index (κ1) is 20.1. The zero-order valence-electron chi connectivity index (χ0n) is 17.3. The third kappa shape index (κ3) is 5.22. The van der Waals surface area contributed by atoms with E-state index in [1.807, 2.05) is 18.2 Å². The maximum atomic E-state index is 6.12. The van der Waals surface area contributed by atoms with E-state index in [1.54, 1.807) is 6.33 Å². The molecule has 3 aromatic rings. The highest BCUT2D eigenvalue weighted by atomic mass is 16.5. The molecule has 1 aromatic heterocycles. The molecule has 0 bridgehead atoms. The predicted molar refractivity (Wildman–Crippen MR) is 117 cm³/mol. The zero-order chi connectivity index (χ0) is 19.8. The molecule has 1 heterocycles. The Morgan fingerprint density at radius 3 is 2.71 bits per heavy atom. The van der Waals surface area contributed by atoms with Gasteiger partial charge < -0.3 is 9.64 Å².